The van der Waals surface area contributed by atoms with E-state index in [1.807, 2.05) is 6.07 Å². The first kappa shape index (κ1) is 16.6. The molecule has 2 aliphatic heterocycles. The van der Waals surface area contributed by atoms with Crippen LogP contribution in [0.4, 0.5) is 5.69 Å². The van der Waals surface area contributed by atoms with Crippen LogP contribution in [0.5, 0.6) is 0 Å². The van der Waals surface area contributed by atoms with Crippen LogP contribution < -0.4 is 4.90 Å². The topological polar surface area (TPSA) is 23.6 Å². The number of carbonyl (C=O) groups is 1. The van der Waals surface area contributed by atoms with Crippen LogP contribution in [0.25, 0.3) is 0 Å². The number of hydrogen-bond donors (Lipinski definition) is 0. The maximum Gasteiger partial charge on any atom is 0.237 e. The van der Waals surface area contributed by atoms with Gasteiger partial charge in [0.15, 0.2) is 0 Å². The molecule has 4 rings (SSSR count). The summed E-state index contributed by atoms with van der Waals surface area (Å²) in [5.41, 5.74) is 2.11. The van der Waals surface area contributed by atoms with Gasteiger partial charge in [-0.05, 0) is 71.7 Å². The largest absolute Gasteiger partial charge is 0.308 e. The Morgan fingerprint density at radius 2 is 1.75 bits per heavy atom. The summed E-state index contributed by atoms with van der Waals surface area (Å²) in [5.74, 6) is 0.259. The highest BCUT2D eigenvalue weighted by molar-refractivity contribution is 9.10. The van der Waals surface area contributed by atoms with E-state index in [4.69, 9.17) is 0 Å². The summed E-state index contributed by atoms with van der Waals surface area (Å²) in [7, 11) is 0. The molecule has 1 saturated heterocycles. The van der Waals surface area contributed by atoms with Crippen LogP contribution in [0.1, 0.15) is 58.4 Å². The van der Waals surface area contributed by atoms with E-state index in [1.54, 1.807) is 0 Å². The fourth-order valence-electron chi connectivity index (χ4n) is 5.04. The smallest absolute Gasteiger partial charge is 0.237 e. The van der Waals surface area contributed by atoms with Gasteiger partial charge >= 0.3 is 0 Å². The number of fused-ring (bicyclic) bond motifs is 1. The molecule has 0 N–H and O–H groups in total. The molecule has 1 aromatic rings. The van der Waals surface area contributed by atoms with E-state index in [9.17, 15) is 4.79 Å². The van der Waals surface area contributed by atoms with Crippen molar-refractivity contribution in [2.75, 3.05) is 18.0 Å². The van der Waals surface area contributed by atoms with E-state index in [2.05, 4.69) is 58.6 Å². The van der Waals surface area contributed by atoms with Crippen molar-refractivity contribution in [1.29, 1.82) is 0 Å². The molecule has 2 fully saturated rings. The number of piperidine rings is 1. The Hall–Kier alpha value is -0.870. The van der Waals surface area contributed by atoms with Crippen molar-refractivity contribution in [2.45, 2.75) is 69.9 Å². The van der Waals surface area contributed by atoms with Gasteiger partial charge < -0.3 is 4.90 Å². The first-order valence-electron chi connectivity index (χ1n) is 9.22. The Morgan fingerprint density at radius 3 is 2.42 bits per heavy atom. The molecule has 0 aromatic heterocycles. The molecule has 1 aromatic carbocycles. The van der Waals surface area contributed by atoms with Crippen molar-refractivity contribution in [2.24, 2.45) is 0 Å². The maximum absolute atomic E-state index is 13.1. The molecule has 1 saturated carbocycles. The minimum Gasteiger partial charge on any atom is -0.308 e. The molecule has 0 spiro atoms. The second kappa shape index (κ2) is 5.57. The van der Waals surface area contributed by atoms with Crippen molar-refractivity contribution in [3.05, 3.63) is 28.2 Å². The molecule has 130 valence electrons. The van der Waals surface area contributed by atoms with Gasteiger partial charge in [-0.1, -0.05) is 28.4 Å². The second-order valence-electron chi connectivity index (χ2n) is 8.54. The van der Waals surface area contributed by atoms with E-state index >= 15 is 0 Å². The molecule has 3 nitrogen and oxygen atoms in total. The van der Waals surface area contributed by atoms with Gasteiger partial charge in [0.1, 0.15) is 0 Å². The van der Waals surface area contributed by atoms with Gasteiger partial charge in [0.05, 0.1) is 5.41 Å². The zero-order valence-corrected chi connectivity index (χ0v) is 16.5. The second-order valence-corrected chi connectivity index (χ2v) is 9.40. The summed E-state index contributed by atoms with van der Waals surface area (Å²) in [6.45, 7) is 8.96. The number of halogens is 1. The minimum atomic E-state index is -0.438. The van der Waals surface area contributed by atoms with Gasteiger partial charge in [0.2, 0.25) is 5.91 Å². The third kappa shape index (κ3) is 2.29. The normalized spacial score (nSPS) is 32.6. The average Bonchev–Trinajstić information content (AvgIpc) is 2.73. The highest BCUT2D eigenvalue weighted by atomic mass is 79.9. The summed E-state index contributed by atoms with van der Waals surface area (Å²) in [6, 6.07) is 6.56. The van der Waals surface area contributed by atoms with Crippen molar-refractivity contribution >= 4 is 27.5 Å². The lowest BCUT2D eigenvalue weighted by Gasteiger charge is -2.55. The standard InChI is InChI=1S/C20H27BrN2O/c1-19(2)17-15(21)8-7-9-16(17)23(18(19)24)14-12-20(3,13-14)22-10-5-4-6-11-22/h7-9,14H,4-6,10-13H2,1-3H3. The predicted octanol–water partition coefficient (Wildman–Crippen LogP) is 4.48. The molecule has 3 aliphatic rings. The summed E-state index contributed by atoms with van der Waals surface area (Å²) < 4.78 is 1.05. The molecule has 0 unspecified atom stereocenters. The molecule has 0 bridgehead atoms. The number of likely N-dealkylation sites (tertiary alicyclic amines) is 1. The summed E-state index contributed by atoms with van der Waals surface area (Å²) in [6.07, 6.45) is 6.22. The van der Waals surface area contributed by atoms with E-state index in [0.29, 0.717) is 6.04 Å². The van der Waals surface area contributed by atoms with Crippen LogP contribution in [0, 0.1) is 0 Å². The van der Waals surface area contributed by atoms with Crippen LogP contribution in [0.3, 0.4) is 0 Å². The monoisotopic (exact) mass is 390 g/mol. The van der Waals surface area contributed by atoms with E-state index in [0.717, 1.165) is 28.6 Å². The van der Waals surface area contributed by atoms with Gasteiger partial charge in [0.25, 0.3) is 0 Å². The van der Waals surface area contributed by atoms with Gasteiger partial charge in [-0.3, -0.25) is 9.69 Å². The zero-order chi connectivity index (χ0) is 17.1. The number of rotatable bonds is 2. The third-order valence-electron chi connectivity index (χ3n) is 6.47. The Labute approximate surface area is 153 Å². The SMILES string of the molecule is CC1(C)C(=O)N(C2CC(C)(N3CCCCC3)C2)c2cccc(Br)c21. The molecule has 24 heavy (non-hydrogen) atoms. The van der Waals surface area contributed by atoms with Crippen molar-refractivity contribution in [1.82, 2.24) is 4.90 Å². The van der Waals surface area contributed by atoms with Crippen molar-refractivity contribution in [3.8, 4) is 0 Å². The molecule has 1 amide bonds. The van der Waals surface area contributed by atoms with Gasteiger partial charge in [-0.15, -0.1) is 0 Å². The molecular weight excluding hydrogens is 364 g/mol. The van der Waals surface area contributed by atoms with Crippen molar-refractivity contribution < 1.29 is 4.79 Å². The quantitative estimate of drug-likeness (QED) is 0.742. The van der Waals surface area contributed by atoms with Crippen LogP contribution in [-0.4, -0.2) is 35.5 Å². The molecule has 0 radical (unpaired) electrons. The molecule has 1 aliphatic carbocycles. The number of carbonyl (C=O) groups excluding carboxylic acids is 1. The molecule has 4 heteroatoms. The average molecular weight is 391 g/mol. The summed E-state index contributed by atoms with van der Waals surface area (Å²) >= 11 is 3.66. The van der Waals surface area contributed by atoms with Crippen LogP contribution in [0.2, 0.25) is 0 Å². The lowest BCUT2D eigenvalue weighted by atomic mass is 9.71. The predicted molar refractivity (Wildman–Crippen MR) is 102 cm³/mol. The first-order chi connectivity index (χ1) is 11.3. The fraction of sp³-hybridized carbons (Fsp3) is 0.650. The van der Waals surface area contributed by atoms with E-state index in [-0.39, 0.29) is 11.4 Å². The number of hydrogen-bond acceptors (Lipinski definition) is 2. The number of benzene rings is 1. The zero-order valence-electron chi connectivity index (χ0n) is 14.9. The summed E-state index contributed by atoms with van der Waals surface area (Å²) in [4.78, 5) is 17.9. The first-order valence-corrected chi connectivity index (χ1v) is 10.0. The summed E-state index contributed by atoms with van der Waals surface area (Å²) in [5, 5.41) is 0. The number of amides is 1. The van der Waals surface area contributed by atoms with Crippen LogP contribution >= 0.6 is 15.9 Å². The molecular formula is C20H27BrN2O. The van der Waals surface area contributed by atoms with E-state index in [1.165, 1.54) is 32.4 Å². The van der Waals surface area contributed by atoms with Crippen molar-refractivity contribution in [3.63, 3.8) is 0 Å². The highest BCUT2D eigenvalue weighted by Crippen LogP contribution is 2.51. The minimum absolute atomic E-state index is 0.259. The van der Waals surface area contributed by atoms with E-state index < -0.39 is 5.41 Å². The van der Waals surface area contributed by atoms with Crippen LogP contribution in [-0.2, 0) is 10.2 Å². The number of nitrogens with zero attached hydrogens (tertiary/aromatic N) is 2. The Kier molecular flexibility index (Phi) is 3.85. The van der Waals surface area contributed by atoms with Gasteiger partial charge in [0, 0.05) is 27.3 Å². The number of anilines is 1. The Morgan fingerprint density at radius 1 is 1.08 bits per heavy atom. The highest BCUT2D eigenvalue weighted by Gasteiger charge is 2.54. The Bertz CT molecular complexity index is 672. The Balaban J connectivity index is 1.59. The lowest BCUT2D eigenvalue weighted by Crippen LogP contribution is -2.64. The van der Waals surface area contributed by atoms with Crippen LogP contribution in [0.15, 0.2) is 22.7 Å². The molecule has 2 heterocycles. The third-order valence-corrected chi connectivity index (χ3v) is 7.13. The lowest BCUT2D eigenvalue weighted by molar-refractivity contribution is -0.123. The fourth-order valence-corrected chi connectivity index (χ4v) is 5.89. The maximum atomic E-state index is 13.1. The van der Waals surface area contributed by atoms with Gasteiger partial charge in [-0.2, -0.15) is 0 Å². The molecule has 0 atom stereocenters. The van der Waals surface area contributed by atoms with Gasteiger partial charge in [-0.25, -0.2) is 0 Å².